The van der Waals surface area contributed by atoms with Crippen molar-refractivity contribution in [2.75, 3.05) is 13.2 Å². The fourth-order valence-corrected chi connectivity index (χ4v) is 6.04. The Kier molecular flexibility index (Phi) is 4.28. The first kappa shape index (κ1) is 17.1. The van der Waals surface area contributed by atoms with Gasteiger partial charge in [0.15, 0.2) is 9.84 Å². The monoisotopic (exact) mass is 345 g/mol. The van der Waals surface area contributed by atoms with Crippen LogP contribution >= 0.6 is 0 Å². The highest BCUT2D eigenvalue weighted by Crippen LogP contribution is 2.63. The van der Waals surface area contributed by atoms with Crippen LogP contribution in [0.15, 0.2) is 53.4 Å². The Balaban J connectivity index is 2.04. The van der Waals surface area contributed by atoms with Crippen LogP contribution in [0.5, 0.6) is 0 Å². The fraction of sp³-hybridized carbons (Fsp3) is 0.368. The van der Waals surface area contributed by atoms with Crippen molar-refractivity contribution in [3.05, 3.63) is 65.2 Å². The van der Waals surface area contributed by atoms with E-state index in [2.05, 4.69) is 0 Å². The number of nitrogens with two attached hydrogens (primary N) is 1. The lowest BCUT2D eigenvalue weighted by molar-refractivity contribution is 0.212. The molecule has 2 aromatic carbocycles. The second-order valence-electron chi connectivity index (χ2n) is 6.76. The maximum absolute atomic E-state index is 13.1. The lowest BCUT2D eigenvalue weighted by atomic mass is 9.99. The zero-order valence-corrected chi connectivity index (χ0v) is 14.8. The number of aliphatic hydroxyl groups is 1. The quantitative estimate of drug-likeness (QED) is 0.870. The molecule has 1 saturated carbocycles. The molecule has 2 aromatic rings. The molecule has 4 nitrogen and oxygen atoms in total. The van der Waals surface area contributed by atoms with Crippen molar-refractivity contribution in [3.63, 3.8) is 0 Å². The van der Waals surface area contributed by atoms with Crippen LogP contribution in [0, 0.1) is 19.3 Å². The van der Waals surface area contributed by atoms with Gasteiger partial charge in [0.25, 0.3) is 0 Å². The summed E-state index contributed by atoms with van der Waals surface area (Å²) in [4.78, 5) is 0.291. The molecule has 0 bridgehead atoms. The Labute approximate surface area is 143 Å². The molecule has 0 heterocycles. The minimum absolute atomic E-state index is 0.137. The van der Waals surface area contributed by atoms with Crippen molar-refractivity contribution in [2.24, 2.45) is 11.1 Å². The third-order valence-corrected chi connectivity index (χ3v) is 7.51. The van der Waals surface area contributed by atoms with Gasteiger partial charge in [-0.15, -0.1) is 0 Å². The maximum atomic E-state index is 13.1. The SMILES string of the molecule is Cc1ccc([C@@H]2[C@H](S(=O)(=O)c3ccc(C)cc3)[C@]2(CN)CO)cc1. The molecule has 1 fully saturated rings. The minimum atomic E-state index is -3.56. The summed E-state index contributed by atoms with van der Waals surface area (Å²) in [6.07, 6.45) is 0. The van der Waals surface area contributed by atoms with Crippen molar-refractivity contribution >= 4 is 9.84 Å². The Morgan fingerprint density at radius 1 is 1.00 bits per heavy atom. The summed E-state index contributed by atoms with van der Waals surface area (Å²) in [5.74, 6) is -0.278. The van der Waals surface area contributed by atoms with E-state index in [1.165, 1.54) is 0 Å². The van der Waals surface area contributed by atoms with Gasteiger partial charge in [0.2, 0.25) is 0 Å². The van der Waals surface area contributed by atoms with E-state index < -0.39 is 20.5 Å². The van der Waals surface area contributed by atoms with E-state index in [0.29, 0.717) is 4.90 Å². The summed E-state index contributed by atoms with van der Waals surface area (Å²) in [5.41, 5.74) is 8.13. The smallest absolute Gasteiger partial charge is 0.182 e. The molecule has 0 aromatic heterocycles. The molecule has 1 aliphatic carbocycles. The molecule has 5 heteroatoms. The lowest BCUT2D eigenvalue weighted by Crippen LogP contribution is -2.27. The van der Waals surface area contributed by atoms with Gasteiger partial charge in [0, 0.05) is 17.9 Å². The van der Waals surface area contributed by atoms with E-state index in [-0.39, 0.29) is 19.1 Å². The molecule has 0 amide bonds. The van der Waals surface area contributed by atoms with Gasteiger partial charge < -0.3 is 10.8 Å². The fourth-order valence-electron chi connectivity index (χ4n) is 3.59. The molecule has 0 spiro atoms. The van der Waals surface area contributed by atoms with Crippen LogP contribution in [-0.4, -0.2) is 31.9 Å². The number of sulfone groups is 1. The summed E-state index contributed by atoms with van der Waals surface area (Å²) in [5, 5.41) is 9.23. The number of hydrogen-bond donors (Lipinski definition) is 2. The Morgan fingerprint density at radius 2 is 1.50 bits per heavy atom. The van der Waals surface area contributed by atoms with Crippen LogP contribution in [0.4, 0.5) is 0 Å². The molecule has 0 saturated heterocycles. The third-order valence-electron chi connectivity index (χ3n) is 5.17. The van der Waals surface area contributed by atoms with Crippen molar-refractivity contribution in [1.29, 1.82) is 0 Å². The average molecular weight is 345 g/mol. The number of rotatable bonds is 5. The topological polar surface area (TPSA) is 80.4 Å². The first-order chi connectivity index (χ1) is 11.4. The van der Waals surface area contributed by atoms with Crippen LogP contribution < -0.4 is 5.73 Å². The molecule has 0 aliphatic heterocycles. The van der Waals surface area contributed by atoms with Crippen molar-refractivity contribution < 1.29 is 13.5 Å². The lowest BCUT2D eigenvalue weighted by Gasteiger charge is -2.12. The second kappa shape index (κ2) is 5.99. The Bertz CT molecular complexity index is 822. The number of benzene rings is 2. The average Bonchev–Trinajstić information content (AvgIpc) is 3.26. The van der Waals surface area contributed by atoms with Gasteiger partial charge in [-0.1, -0.05) is 47.5 Å². The summed E-state index contributed by atoms with van der Waals surface area (Å²) in [6.45, 7) is 3.80. The number of aliphatic hydroxyl groups excluding tert-OH is 1. The van der Waals surface area contributed by atoms with Gasteiger partial charge in [0.05, 0.1) is 16.8 Å². The molecule has 128 valence electrons. The van der Waals surface area contributed by atoms with Gasteiger partial charge in [-0.3, -0.25) is 0 Å². The highest BCUT2D eigenvalue weighted by Gasteiger charge is 2.70. The molecular formula is C19H23NO3S. The summed E-state index contributed by atoms with van der Waals surface area (Å²) in [6, 6.07) is 14.6. The molecule has 1 aliphatic rings. The van der Waals surface area contributed by atoms with Crippen LogP contribution in [0.1, 0.15) is 22.6 Å². The van der Waals surface area contributed by atoms with Gasteiger partial charge >= 0.3 is 0 Å². The standard InChI is InChI=1S/C19H23NO3S/c1-13-3-7-15(8-4-13)17-18(19(17,11-20)12-21)24(22,23)16-9-5-14(2)6-10-16/h3-10,17-18,21H,11-12,20H2,1-2H3/t17-,18+,19-/m1/s1. The largest absolute Gasteiger partial charge is 0.396 e. The maximum Gasteiger partial charge on any atom is 0.182 e. The van der Waals surface area contributed by atoms with E-state index in [4.69, 9.17) is 5.73 Å². The van der Waals surface area contributed by atoms with Gasteiger partial charge in [0.1, 0.15) is 0 Å². The molecule has 0 radical (unpaired) electrons. The molecule has 3 atom stereocenters. The van der Waals surface area contributed by atoms with Crippen LogP contribution in [-0.2, 0) is 9.84 Å². The Morgan fingerprint density at radius 3 is 1.96 bits per heavy atom. The zero-order chi connectivity index (χ0) is 17.5. The normalized spacial score (nSPS) is 26.3. The third kappa shape index (κ3) is 2.57. The number of aryl methyl sites for hydroxylation is 2. The first-order valence-corrected chi connectivity index (χ1v) is 9.59. The van der Waals surface area contributed by atoms with E-state index in [0.717, 1.165) is 16.7 Å². The van der Waals surface area contributed by atoms with Crippen LogP contribution in [0.3, 0.4) is 0 Å². The molecule has 3 N–H and O–H groups in total. The van der Waals surface area contributed by atoms with E-state index in [1.807, 2.05) is 38.1 Å². The van der Waals surface area contributed by atoms with Gasteiger partial charge in [-0.05, 0) is 31.5 Å². The number of hydrogen-bond acceptors (Lipinski definition) is 4. The minimum Gasteiger partial charge on any atom is -0.396 e. The molecule has 0 unspecified atom stereocenters. The molecule has 24 heavy (non-hydrogen) atoms. The predicted molar refractivity (Wildman–Crippen MR) is 94.6 cm³/mol. The first-order valence-electron chi connectivity index (χ1n) is 8.05. The second-order valence-corrected chi connectivity index (χ2v) is 8.83. The van der Waals surface area contributed by atoms with Crippen molar-refractivity contribution in [3.8, 4) is 0 Å². The summed E-state index contributed by atoms with van der Waals surface area (Å²) >= 11 is 0. The van der Waals surface area contributed by atoms with Gasteiger partial charge in [-0.25, -0.2) is 8.42 Å². The van der Waals surface area contributed by atoms with Crippen LogP contribution in [0.2, 0.25) is 0 Å². The zero-order valence-electron chi connectivity index (χ0n) is 13.9. The van der Waals surface area contributed by atoms with E-state index >= 15 is 0 Å². The van der Waals surface area contributed by atoms with Crippen molar-refractivity contribution in [1.82, 2.24) is 0 Å². The van der Waals surface area contributed by atoms with E-state index in [1.54, 1.807) is 24.3 Å². The van der Waals surface area contributed by atoms with Gasteiger partial charge in [-0.2, -0.15) is 0 Å². The summed E-state index contributed by atoms with van der Waals surface area (Å²) < 4.78 is 26.2. The summed E-state index contributed by atoms with van der Waals surface area (Å²) in [7, 11) is -3.56. The van der Waals surface area contributed by atoms with Crippen molar-refractivity contribution in [2.45, 2.75) is 29.9 Å². The molecular weight excluding hydrogens is 322 g/mol. The predicted octanol–water partition coefficient (Wildman–Crippen LogP) is 2.18. The highest BCUT2D eigenvalue weighted by atomic mass is 32.2. The van der Waals surface area contributed by atoms with Crippen LogP contribution in [0.25, 0.3) is 0 Å². The van der Waals surface area contributed by atoms with E-state index in [9.17, 15) is 13.5 Å². The Hall–Kier alpha value is -1.69. The highest BCUT2D eigenvalue weighted by molar-refractivity contribution is 7.92. The molecule has 3 rings (SSSR count).